The summed E-state index contributed by atoms with van der Waals surface area (Å²) in [6, 6.07) is 13.0. The third kappa shape index (κ3) is 6.02. The summed E-state index contributed by atoms with van der Waals surface area (Å²) in [6.45, 7) is 1.20. The standard InChI is InChI=1S/C20H21N3O5S2/c1-27-10-11-28-18-9-4-15(13-21-18)14-22-20(24)16-5-7-17(8-6-16)23-30(25,26)19-3-2-12-29-19/h2-9,12-13,23H,10-11,14H2,1H3,(H,22,24). The van der Waals surface area contributed by atoms with Gasteiger partial charge in [0.2, 0.25) is 5.88 Å². The molecule has 0 atom stereocenters. The number of thiophene rings is 1. The normalized spacial score (nSPS) is 11.1. The number of pyridine rings is 1. The molecule has 0 saturated heterocycles. The number of nitrogens with one attached hydrogen (secondary N) is 2. The highest BCUT2D eigenvalue weighted by Gasteiger charge is 2.15. The number of aromatic nitrogens is 1. The van der Waals surface area contributed by atoms with Crippen LogP contribution in [-0.4, -0.2) is 39.6 Å². The monoisotopic (exact) mass is 447 g/mol. The molecule has 1 amide bonds. The quantitative estimate of drug-likeness (QED) is 0.463. The van der Waals surface area contributed by atoms with E-state index in [9.17, 15) is 13.2 Å². The van der Waals surface area contributed by atoms with Gasteiger partial charge in [-0.15, -0.1) is 11.3 Å². The Bertz CT molecular complexity index is 1050. The summed E-state index contributed by atoms with van der Waals surface area (Å²) in [7, 11) is -2.02. The van der Waals surface area contributed by atoms with Crippen LogP contribution in [0.3, 0.4) is 0 Å². The Morgan fingerprint density at radius 3 is 2.53 bits per heavy atom. The van der Waals surface area contributed by atoms with E-state index in [-0.39, 0.29) is 10.1 Å². The molecule has 8 nitrogen and oxygen atoms in total. The van der Waals surface area contributed by atoms with Gasteiger partial charge < -0.3 is 14.8 Å². The van der Waals surface area contributed by atoms with Crippen molar-refractivity contribution in [3.05, 3.63) is 71.2 Å². The molecule has 0 fully saturated rings. The number of hydrogen-bond acceptors (Lipinski definition) is 7. The second-order valence-electron chi connectivity index (χ2n) is 6.14. The molecular weight excluding hydrogens is 426 g/mol. The third-order valence-electron chi connectivity index (χ3n) is 3.95. The van der Waals surface area contributed by atoms with Gasteiger partial charge in [-0.3, -0.25) is 9.52 Å². The minimum atomic E-state index is -3.62. The number of ether oxygens (including phenoxy) is 2. The number of amides is 1. The predicted octanol–water partition coefficient (Wildman–Crippen LogP) is 2.90. The van der Waals surface area contributed by atoms with Crippen LogP contribution in [0, 0.1) is 0 Å². The lowest BCUT2D eigenvalue weighted by atomic mass is 10.2. The van der Waals surface area contributed by atoms with Gasteiger partial charge in [-0.25, -0.2) is 13.4 Å². The number of sulfonamides is 1. The zero-order chi connectivity index (χ0) is 21.4. The Morgan fingerprint density at radius 2 is 1.90 bits per heavy atom. The first kappa shape index (κ1) is 21.8. The van der Waals surface area contributed by atoms with Crippen molar-refractivity contribution in [3.8, 4) is 5.88 Å². The Balaban J connectivity index is 1.52. The molecule has 30 heavy (non-hydrogen) atoms. The van der Waals surface area contributed by atoms with Crippen LogP contribution in [-0.2, 0) is 21.3 Å². The fourth-order valence-electron chi connectivity index (χ4n) is 2.43. The van der Waals surface area contributed by atoms with Gasteiger partial charge in [0.15, 0.2) is 0 Å². The minimum Gasteiger partial charge on any atom is -0.475 e. The van der Waals surface area contributed by atoms with E-state index in [1.54, 1.807) is 55.1 Å². The number of anilines is 1. The number of rotatable bonds is 10. The fraction of sp³-hybridized carbons (Fsp3) is 0.200. The fourth-order valence-corrected chi connectivity index (χ4v) is 4.48. The largest absolute Gasteiger partial charge is 0.475 e. The van der Waals surface area contributed by atoms with Gasteiger partial charge >= 0.3 is 0 Å². The first-order valence-electron chi connectivity index (χ1n) is 8.99. The molecule has 3 rings (SSSR count). The average Bonchev–Trinajstić information content (AvgIpc) is 3.29. The molecule has 0 saturated carbocycles. The Kier molecular flexibility index (Phi) is 7.39. The van der Waals surface area contributed by atoms with Crippen molar-refractivity contribution >= 4 is 33.0 Å². The summed E-state index contributed by atoms with van der Waals surface area (Å²) in [5.41, 5.74) is 1.62. The van der Waals surface area contributed by atoms with Gasteiger partial charge in [-0.2, -0.15) is 0 Å². The zero-order valence-electron chi connectivity index (χ0n) is 16.2. The highest BCUT2D eigenvalue weighted by Crippen LogP contribution is 2.20. The van der Waals surface area contributed by atoms with Gasteiger partial charge in [0.05, 0.1) is 6.61 Å². The highest BCUT2D eigenvalue weighted by atomic mass is 32.2. The van der Waals surface area contributed by atoms with Crippen molar-refractivity contribution in [3.63, 3.8) is 0 Å². The lowest BCUT2D eigenvalue weighted by Crippen LogP contribution is -2.22. The Hall–Kier alpha value is -2.95. The first-order chi connectivity index (χ1) is 14.5. The number of methoxy groups -OCH3 is 1. The molecule has 3 aromatic rings. The van der Waals surface area contributed by atoms with Crippen LogP contribution >= 0.6 is 11.3 Å². The molecular formula is C20H21N3O5S2. The van der Waals surface area contributed by atoms with E-state index in [4.69, 9.17) is 9.47 Å². The lowest BCUT2D eigenvalue weighted by molar-refractivity contribution is 0.0951. The van der Waals surface area contributed by atoms with Crippen molar-refractivity contribution in [1.29, 1.82) is 0 Å². The summed E-state index contributed by atoms with van der Waals surface area (Å²) in [4.78, 5) is 16.5. The second kappa shape index (κ2) is 10.2. The van der Waals surface area contributed by atoms with Gasteiger partial charge in [0, 0.05) is 37.2 Å². The van der Waals surface area contributed by atoms with Crippen LogP contribution in [0.1, 0.15) is 15.9 Å². The maximum atomic E-state index is 12.3. The molecule has 0 aliphatic heterocycles. The smallest absolute Gasteiger partial charge is 0.271 e. The van der Waals surface area contributed by atoms with Gasteiger partial charge in [0.1, 0.15) is 10.8 Å². The van der Waals surface area contributed by atoms with Crippen LogP contribution in [0.4, 0.5) is 5.69 Å². The van der Waals surface area contributed by atoms with Crippen LogP contribution in [0.5, 0.6) is 5.88 Å². The Morgan fingerprint density at radius 1 is 1.10 bits per heavy atom. The summed E-state index contributed by atoms with van der Waals surface area (Å²) in [5.74, 6) is 0.214. The average molecular weight is 448 g/mol. The molecule has 1 aromatic carbocycles. The van der Waals surface area contributed by atoms with E-state index in [2.05, 4.69) is 15.0 Å². The number of benzene rings is 1. The summed E-state index contributed by atoms with van der Waals surface area (Å²) < 4.78 is 37.5. The number of hydrogen-bond donors (Lipinski definition) is 2. The number of carbonyl (C=O) groups is 1. The molecule has 0 aliphatic carbocycles. The van der Waals surface area contributed by atoms with Crippen molar-refractivity contribution in [1.82, 2.24) is 10.3 Å². The maximum absolute atomic E-state index is 12.3. The molecule has 2 N–H and O–H groups in total. The van der Waals surface area contributed by atoms with E-state index in [1.807, 2.05) is 6.07 Å². The van der Waals surface area contributed by atoms with Gasteiger partial charge in [-0.1, -0.05) is 12.1 Å². The molecule has 0 aliphatic rings. The number of nitrogens with zero attached hydrogens (tertiary/aromatic N) is 1. The molecule has 10 heteroatoms. The molecule has 0 unspecified atom stereocenters. The van der Waals surface area contributed by atoms with Gasteiger partial charge in [0.25, 0.3) is 15.9 Å². The molecule has 2 aromatic heterocycles. The van der Waals surface area contributed by atoms with E-state index in [0.717, 1.165) is 16.9 Å². The zero-order valence-corrected chi connectivity index (χ0v) is 17.8. The number of carbonyl (C=O) groups excluding carboxylic acids is 1. The van der Waals surface area contributed by atoms with E-state index < -0.39 is 10.0 Å². The Labute approximate surface area is 178 Å². The molecule has 0 radical (unpaired) electrons. The minimum absolute atomic E-state index is 0.230. The maximum Gasteiger partial charge on any atom is 0.271 e. The van der Waals surface area contributed by atoms with Crippen LogP contribution < -0.4 is 14.8 Å². The van der Waals surface area contributed by atoms with Crippen molar-refractivity contribution in [2.24, 2.45) is 0 Å². The van der Waals surface area contributed by atoms with Crippen molar-refractivity contribution in [2.75, 3.05) is 25.0 Å². The van der Waals surface area contributed by atoms with Crippen LogP contribution in [0.2, 0.25) is 0 Å². The van der Waals surface area contributed by atoms with E-state index in [1.165, 1.54) is 6.07 Å². The SMILES string of the molecule is COCCOc1ccc(CNC(=O)c2ccc(NS(=O)(=O)c3cccs3)cc2)cn1. The summed E-state index contributed by atoms with van der Waals surface area (Å²) in [5, 5.41) is 4.49. The molecule has 0 bridgehead atoms. The first-order valence-corrected chi connectivity index (χ1v) is 11.4. The molecule has 158 valence electrons. The lowest BCUT2D eigenvalue weighted by Gasteiger charge is -2.09. The van der Waals surface area contributed by atoms with Crippen LogP contribution in [0.15, 0.2) is 64.3 Å². The summed E-state index contributed by atoms with van der Waals surface area (Å²) in [6.07, 6.45) is 1.63. The molecule has 2 heterocycles. The van der Waals surface area contributed by atoms with E-state index in [0.29, 0.717) is 36.9 Å². The van der Waals surface area contributed by atoms with Crippen molar-refractivity contribution < 1.29 is 22.7 Å². The van der Waals surface area contributed by atoms with E-state index >= 15 is 0 Å². The summed E-state index contributed by atoms with van der Waals surface area (Å²) >= 11 is 1.13. The topological polar surface area (TPSA) is 107 Å². The molecule has 0 spiro atoms. The van der Waals surface area contributed by atoms with Crippen molar-refractivity contribution in [2.45, 2.75) is 10.8 Å². The third-order valence-corrected chi connectivity index (χ3v) is 6.73. The predicted molar refractivity (Wildman–Crippen MR) is 114 cm³/mol. The van der Waals surface area contributed by atoms with Crippen LogP contribution in [0.25, 0.3) is 0 Å². The highest BCUT2D eigenvalue weighted by molar-refractivity contribution is 7.94. The van der Waals surface area contributed by atoms with Gasteiger partial charge in [-0.05, 0) is 41.3 Å². The second-order valence-corrected chi connectivity index (χ2v) is 9.00.